The van der Waals surface area contributed by atoms with E-state index in [0.717, 1.165) is 0 Å². The first-order chi connectivity index (χ1) is 9.74. The molecule has 0 radical (unpaired) electrons. The normalized spacial score (nSPS) is 14.2. The van der Waals surface area contributed by atoms with Gasteiger partial charge in [0.1, 0.15) is 0 Å². The van der Waals surface area contributed by atoms with Crippen molar-refractivity contribution in [2.24, 2.45) is 5.92 Å². The zero-order chi connectivity index (χ0) is 16.0. The lowest BCUT2D eigenvalue weighted by molar-refractivity contribution is -0.142. The molecular weight excluding hydrogens is 296 g/mol. The van der Waals surface area contributed by atoms with Crippen molar-refractivity contribution in [1.29, 1.82) is 0 Å². The molecule has 116 valence electrons. The largest absolute Gasteiger partial charge is 0.481 e. The molecule has 1 rings (SSSR count). The molecule has 0 aliphatic rings. The summed E-state index contributed by atoms with van der Waals surface area (Å²) in [4.78, 5) is 22.4. The number of hydrogen-bond donors (Lipinski definition) is 3. The highest BCUT2D eigenvalue weighted by atomic mass is 32.2. The van der Waals surface area contributed by atoms with Gasteiger partial charge in [-0.2, -0.15) is 0 Å². The van der Waals surface area contributed by atoms with Crippen LogP contribution in [-0.4, -0.2) is 38.0 Å². The predicted octanol–water partition coefficient (Wildman–Crippen LogP) is 0.190. The van der Waals surface area contributed by atoms with Crippen molar-refractivity contribution in [2.45, 2.75) is 24.8 Å². The molecule has 1 amide bonds. The third kappa shape index (κ3) is 5.16. The summed E-state index contributed by atoms with van der Waals surface area (Å²) in [6.45, 7) is 2.55. The Kier molecular flexibility index (Phi) is 5.86. The van der Waals surface area contributed by atoms with E-state index in [1.54, 1.807) is 25.1 Å². The Bertz CT molecular complexity index is 600. The van der Waals surface area contributed by atoms with E-state index in [9.17, 15) is 18.0 Å². The second-order valence-electron chi connectivity index (χ2n) is 4.62. The molecular formula is C13H18N2O5S. The Hall–Kier alpha value is -1.93. The number of hydrogen-bond acceptors (Lipinski definition) is 4. The van der Waals surface area contributed by atoms with Crippen LogP contribution in [0.3, 0.4) is 0 Å². The average Bonchev–Trinajstić information content (AvgIpc) is 2.45. The zero-order valence-electron chi connectivity index (χ0n) is 11.7. The Morgan fingerprint density at radius 3 is 2.29 bits per heavy atom. The van der Waals surface area contributed by atoms with Crippen LogP contribution in [0, 0.1) is 5.92 Å². The van der Waals surface area contributed by atoms with Gasteiger partial charge in [-0.1, -0.05) is 18.2 Å². The number of carboxylic acid groups (broad SMARTS) is 1. The molecule has 1 aromatic rings. The Morgan fingerprint density at radius 2 is 1.76 bits per heavy atom. The summed E-state index contributed by atoms with van der Waals surface area (Å²) in [6.07, 6.45) is 0. The third-order valence-electron chi connectivity index (χ3n) is 3.00. The van der Waals surface area contributed by atoms with E-state index in [2.05, 4.69) is 10.0 Å². The summed E-state index contributed by atoms with van der Waals surface area (Å²) in [5.41, 5.74) is 0. The molecule has 0 aromatic heterocycles. The molecule has 0 spiro atoms. The minimum absolute atomic E-state index is 0.0600. The van der Waals surface area contributed by atoms with Gasteiger partial charge in [0.15, 0.2) is 0 Å². The summed E-state index contributed by atoms with van der Waals surface area (Å²) in [6, 6.07) is 7.05. The number of nitrogens with one attached hydrogen (secondary N) is 2. The maximum absolute atomic E-state index is 11.9. The first kappa shape index (κ1) is 17.1. The fraction of sp³-hybridized carbons (Fsp3) is 0.385. The number of carbonyl (C=O) groups is 2. The first-order valence-electron chi connectivity index (χ1n) is 6.31. The molecule has 0 aliphatic heterocycles. The quantitative estimate of drug-likeness (QED) is 0.665. The van der Waals surface area contributed by atoms with Crippen LogP contribution in [-0.2, 0) is 19.6 Å². The SMILES string of the molecule is CC(NC(=O)CNS(=O)(=O)c1ccccc1)C(C)C(=O)O. The molecule has 2 atom stereocenters. The topological polar surface area (TPSA) is 113 Å². The molecule has 8 heteroatoms. The highest BCUT2D eigenvalue weighted by Crippen LogP contribution is 2.06. The highest BCUT2D eigenvalue weighted by Gasteiger charge is 2.22. The van der Waals surface area contributed by atoms with E-state index >= 15 is 0 Å². The molecule has 7 nitrogen and oxygen atoms in total. The zero-order valence-corrected chi connectivity index (χ0v) is 12.6. The van der Waals surface area contributed by atoms with Crippen LogP contribution in [0.25, 0.3) is 0 Å². The minimum atomic E-state index is -3.75. The van der Waals surface area contributed by atoms with Crippen molar-refractivity contribution in [3.05, 3.63) is 30.3 Å². The standard InChI is InChI=1S/C13H18N2O5S/c1-9(13(17)18)10(2)15-12(16)8-14-21(19,20)11-6-4-3-5-7-11/h3-7,9-10,14H,8H2,1-2H3,(H,15,16)(H,17,18). The molecule has 3 N–H and O–H groups in total. The van der Waals surface area contributed by atoms with Gasteiger partial charge in [0.05, 0.1) is 17.4 Å². The smallest absolute Gasteiger partial charge is 0.308 e. The maximum atomic E-state index is 11.9. The number of amides is 1. The van der Waals surface area contributed by atoms with Gasteiger partial charge in [-0.15, -0.1) is 0 Å². The number of carboxylic acids is 1. The second-order valence-corrected chi connectivity index (χ2v) is 6.39. The van der Waals surface area contributed by atoms with E-state index < -0.39 is 40.4 Å². The van der Waals surface area contributed by atoms with Crippen LogP contribution >= 0.6 is 0 Å². The summed E-state index contributed by atoms with van der Waals surface area (Å²) in [5, 5.41) is 11.2. The van der Waals surface area contributed by atoms with Crippen LogP contribution in [0.4, 0.5) is 0 Å². The molecule has 0 saturated carbocycles. The monoisotopic (exact) mass is 314 g/mol. The van der Waals surface area contributed by atoms with Crippen molar-refractivity contribution in [2.75, 3.05) is 6.54 Å². The number of rotatable bonds is 7. The molecule has 0 bridgehead atoms. The van der Waals surface area contributed by atoms with E-state index in [4.69, 9.17) is 5.11 Å². The lowest BCUT2D eigenvalue weighted by Crippen LogP contribution is -2.44. The Morgan fingerprint density at radius 1 is 1.19 bits per heavy atom. The Labute approximate surface area is 123 Å². The lowest BCUT2D eigenvalue weighted by atomic mass is 10.0. The van der Waals surface area contributed by atoms with Gasteiger partial charge >= 0.3 is 5.97 Å². The van der Waals surface area contributed by atoms with Gasteiger partial charge < -0.3 is 10.4 Å². The van der Waals surface area contributed by atoms with Crippen LogP contribution < -0.4 is 10.0 Å². The highest BCUT2D eigenvalue weighted by molar-refractivity contribution is 7.89. The fourth-order valence-electron chi connectivity index (χ4n) is 1.49. The molecule has 0 aliphatic carbocycles. The van der Waals surface area contributed by atoms with Crippen LogP contribution in [0.1, 0.15) is 13.8 Å². The van der Waals surface area contributed by atoms with Crippen molar-refractivity contribution < 1.29 is 23.1 Å². The van der Waals surface area contributed by atoms with Crippen LogP contribution in [0.5, 0.6) is 0 Å². The molecule has 1 aromatic carbocycles. The van der Waals surface area contributed by atoms with Gasteiger partial charge in [-0.25, -0.2) is 13.1 Å². The average molecular weight is 314 g/mol. The number of carbonyl (C=O) groups excluding carboxylic acids is 1. The second kappa shape index (κ2) is 7.19. The molecule has 0 fully saturated rings. The van der Waals surface area contributed by atoms with E-state index in [0.29, 0.717) is 0 Å². The van der Waals surface area contributed by atoms with Gasteiger partial charge in [0, 0.05) is 6.04 Å². The molecule has 0 saturated heterocycles. The van der Waals surface area contributed by atoms with E-state index in [-0.39, 0.29) is 4.90 Å². The number of aliphatic carboxylic acids is 1. The summed E-state index contributed by atoms with van der Waals surface area (Å²) < 4.78 is 25.9. The number of sulfonamides is 1. The summed E-state index contributed by atoms with van der Waals surface area (Å²) >= 11 is 0. The summed E-state index contributed by atoms with van der Waals surface area (Å²) in [5.74, 6) is -2.39. The van der Waals surface area contributed by atoms with Gasteiger partial charge in [0.2, 0.25) is 15.9 Å². The summed E-state index contributed by atoms with van der Waals surface area (Å²) in [7, 11) is -3.75. The van der Waals surface area contributed by atoms with Crippen molar-refractivity contribution in [1.82, 2.24) is 10.0 Å². The lowest BCUT2D eigenvalue weighted by Gasteiger charge is -2.17. The van der Waals surface area contributed by atoms with Gasteiger partial charge in [0.25, 0.3) is 0 Å². The van der Waals surface area contributed by atoms with E-state index in [1.807, 2.05) is 0 Å². The van der Waals surface area contributed by atoms with Crippen molar-refractivity contribution in [3.63, 3.8) is 0 Å². The molecule has 0 heterocycles. The Balaban J connectivity index is 2.56. The predicted molar refractivity (Wildman–Crippen MR) is 76.0 cm³/mol. The number of benzene rings is 1. The fourth-order valence-corrected chi connectivity index (χ4v) is 2.49. The van der Waals surface area contributed by atoms with E-state index in [1.165, 1.54) is 19.1 Å². The van der Waals surface area contributed by atoms with Crippen molar-refractivity contribution in [3.8, 4) is 0 Å². The van der Waals surface area contributed by atoms with Crippen LogP contribution in [0.15, 0.2) is 35.2 Å². The van der Waals surface area contributed by atoms with Gasteiger partial charge in [-0.05, 0) is 26.0 Å². The van der Waals surface area contributed by atoms with Crippen LogP contribution in [0.2, 0.25) is 0 Å². The van der Waals surface area contributed by atoms with Crippen molar-refractivity contribution >= 4 is 21.9 Å². The molecule has 21 heavy (non-hydrogen) atoms. The molecule has 2 unspecified atom stereocenters. The minimum Gasteiger partial charge on any atom is -0.481 e. The maximum Gasteiger partial charge on any atom is 0.308 e. The first-order valence-corrected chi connectivity index (χ1v) is 7.79. The third-order valence-corrected chi connectivity index (χ3v) is 4.42. The van der Waals surface area contributed by atoms with Gasteiger partial charge in [-0.3, -0.25) is 9.59 Å².